The van der Waals surface area contributed by atoms with Crippen LogP contribution >= 0.6 is 0 Å². The third kappa shape index (κ3) is 3.84. The Bertz CT molecular complexity index is 3620. The van der Waals surface area contributed by atoms with Crippen LogP contribution in [0.15, 0.2) is 174 Å². The minimum absolute atomic E-state index is 0.0591. The van der Waals surface area contributed by atoms with Crippen molar-refractivity contribution in [3.8, 4) is 33.4 Å². The van der Waals surface area contributed by atoms with Crippen LogP contribution in [0, 0.1) is 0 Å². The van der Waals surface area contributed by atoms with Crippen molar-refractivity contribution in [3.05, 3.63) is 169 Å². The average molecular weight is 612 g/mol. The largest absolute Gasteiger partial charge is 0.455 e. The fraction of sp³-hybridized carbons (Fsp3) is 0. The molecule has 0 spiro atoms. The van der Waals surface area contributed by atoms with Crippen molar-refractivity contribution in [1.29, 1.82) is 0 Å². The van der Waals surface area contributed by atoms with Gasteiger partial charge in [0.15, 0.2) is 0 Å². The normalized spacial score (nSPS) is 16.3. The lowest BCUT2D eigenvalue weighted by molar-refractivity contribution is 0.670. The van der Waals surface area contributed by atoms with Gasteiger partial charge in [0.1, 0.15) is 11.2 Å². The molecule has 10 rings (SSSR count). The average Bonchev–Trinajstić information content (AvgIpc) is 3.67. The molecule has 0 radical (unpaired) electrons. The molecular formula is C46H28O. The minimum Gasteiger partial charge on any atom is -0.455 e. The monoisotopic (exact) mass is 611 g/mol. The summed E-state index contributed by atoms with van der Waals surface area (Å²) in [5.41, 5.74) is 1.14. The molecule has 0 aliphatic carbocycles. The summed E-state index contributed by atoms with van der Waals surface area (Å²) in [6.45, 7) is 0. The Kier molecular flexibility index (Phi) is 3.33. The standard InChI is InChI=1S/C46H28O/c1-3-16-31-29(13-1)15-11-23-33(31)39-28-27-30-14-2-4-17-32(30)44(39)45-37-21-7-5-19-35(37)43(36-20-6-8-22-38(36)45)41-25-12-24-40-34-18-9-10-26-42(34)47-46(40)41/h1-28H/i1D,3D,5D,6D,7D,8D,11D,13D,15D,16D,19D,20D,21D,22D,23D. The SMILES string of the molecule is [2H]c1c([2H])c([2H])c2c(-c3ccc4ccccc4c3-c3c4c([2H])c([2H])c([2H])c([2H])c4c(-c4cccc5c4oc4ccccc45)c4c([2H])c([2H])c([2H])c([2H])c34)c([2H])c([2H])c([2H])c2c1[2H]. The van der Waals surface area contributed by atoms with Gasteiger partial charge in [0, 0.05) is 21.9 Å². The van der Waals surface area contributed by atoms with E-state index < -0.39 is 90.6 Å². The molecule has 0 saturated carbocycles. The Hall–Kier alpha value is -6.18. The highest BCUT2D eigenvalue weighted by atomic mass is 16.3. The summed E-state index contributed by atoms with van der Waals surface area (Å²) in [4.78, 5) is 0. The van der Waals surface area contributed by atoms with Crippen LogP contribution in [0.1, 0.15) is 20.6 Å². The van der Waals surface area contributed by atoms with Crippen molar-refractivity contribution >= 4 is 65.0 Å². The van der Waals surface area contributed by atoms with Crippen molar-refractivity contribution in [2.75, 3.05) is 0 Å². The maximum atomic E-state index is 9.66. The quantitative estimate of drug-likeness (QED) is 0.181. The molecule has 1 heterocycles. The number of rotatable bonds is 3. The molecule has 9 aromatic carbocycles. The van der Waals surface area contributed by atoms with Gasteiger partial charge in [0.2, 0.25) is 0 Å². The summed E-state index contributed by atoms with van der Waals surface area (Å²) in [5.74, 6) is 0. The van der Waals surface area contributed by atoms with Crippen molar-refractivity contribution < 1.29 is 25.0 Å². The second-order valence-corrected chi connectivity index (χ2v) is 11.2. The van der Waals surface area contributed by atoms with Crippen molar-refractivity contribution in [1.82, 2.24) is 0 Å². The van der Waals surface area contributed by atoms with Crippen LogP contribution in [0.5, 0.6) is 0 Å². The zero-order valence-electron chi connectivity index (χ0n) is 39.4. The second kappa shape index (κ2) is 10.2. The minimum atomic E-state index is -0.647. The first-order valence-electron chi connectivity index (χ1n) is 22.5. The first-order valence-corrected chi connectivity index (χ1v) is 15.0. The number of fused-ring (bicyclic) bond motifs is 7. The van der Waals surface area contributed by atoms with E-state index in [1.165, 1.54) is 0 Å². The van der Waals surface area contributed by atoms with E-state index in [-0.39, 0.29) is 60.1 Å². The van der Waals surface area contributed by atoms with Gasteiger partial charge < -0.3 is 4.42 Å². The predicted molar refractivity (Wildman–Crippen MR) is 200 cm³/mol. The molecule has 0 N–H and O–H groups in total. The fourth-order valence-corrected chi connectivity index (χ4v) is 6.85. The van der Waals surface area contributed by atoms with Crippen LogP contribution in [-0.4, -0.2) is 0 Å². The van der Waals surface area contributed by atoms with E-state index in [9.17, 15) is 6.85 Å². The maximum absolute atomic E-state index is 9.66. The number of furan rings is 1. The third-order valence-electron chi connectivity index (χ3n) is 8.81. The molecule has 10 aromatic rings. The molecule has 47 heavy (non-hydrogen) atoms. The molecule has 0 saturated heterocycles. The smallest absolute Gasteiger partial charge is 0.143 e. The molecular weight excluding hydrogens is 569 g/mol. The van der Waals surface area contributed by atoms with E-state index in [0.717, 1.165) is 5.39 Å². The summed E-state index contributed by atoms with van der Waals surface area (Å²) < 4.78 is 143. The maximum Gasteiger partial charge on any atom is 0.143 e. The Balaban J connectivity index is 1.55. The van der Waals surface area contributed by atoms with Gasteiger partial charge in [-0.1, -0.05) is 163 Å². The van der Waals surface area contributed by atoms with Crippen molar-refractivity contribution in [3.63, 3.8) is 0 Å². The molecule has 1 heteroatoms. The van der Waals surface area contributed by atoms with Gasteiger partial charge in [0.25, 0.3) is 0 Å². The molecule has 0 bridgehead atoms. The highest BCUT2D eigenvalue weighted by molar-refractivity contribution is 6.27. The molecule has 0 unspecified atom stereocenters. The lowest BCUT2D eigenvalue weighted by atomic mass is 9.81. The molecule has 0 fully saturated rings. The second-order valence-electron chi connectivity index (χ2n) is 11.2. The zero-order chi connectivity index (χ0) is 44.0. The first kappa shape index (κ1) is 15.4. The Labute approximate surface area is 293 Å². The molecule has 0 atom stereocenters. The summed E-state index contributed by atoms with van der Waals surface area (Å²) in [7, 11) is 0. The Morgan fingerprint density at radius 3 is 1.74 bits per heavy atom. The fourth-order valence-electron chi connectivity index (χ4n) is 6.85. The van der Waals surface area contributed by atoms with Gasteiger partial charge in [-0.05, 0) is 71.4 Å². The summed E-state index contributed by atoms with van der Waals surface area (Å²) in [5, 5.41) is 1.41. The number of hydrogen-bond acceptors (Lipinski definition) is 1. The van der Waals surface area contributed by atoms with Crippen molar-refractivity contribution in [2.45, 2.75) is 0 Å². The topological polar surface area (TPSA) is 13.1 Å². The highest BCUT2D eigenvalue weighted by Crippen LogP contribution is 2.50. The van der Waals surface area contributed by atoms with Gasteiger partial charge in [-0.25, -0.2) is 0 Å². The molecule has 0 amide bonds. The van der Waals surface area contributed by atoms with E-state index in [0.29, 0.717) is 32.9 Å². The van der Waals surface area contributed by atoms with Crippen LogP contribution in [-0.2, 0) is 0 Å². The summed E-state index contributed by atoms with van der Waals surface area (Å²) >= 11 is 0. The zero-order valence-corrected chi connectivity index (χ0v) is 24.4. The number of benzene rings is 9. The lowest BCUT2D eigenvalue weighted by Crippen LogP contribution is -1.94. The molecule has 1 aromatic heterocycles. The highest BCUT2D eigenvalue weighted by Gasteiger charge is 2.23. The van der Waals surface area contributed by atoms with Gasteiger partial charge >= 0.3 is 0 Å². The lowest BCUT2D eigenvalue weighted by Gasteiger charge is -2.22. The van der Waals surface area contributed by atoms with Crippen LogP contribution in [0.25, 0.3) is 98.4 Å². The van der Waals surface area contributed by atoms with Gasteiger partial charge in [-0.2, -0.15) is 0 Å². The van der Waals surface area contributed by atoms with Crippen LogP contribution < -0.4 is 0 Å². The Morgan fingerprint density at radius 1 is 0.340 bits per heavy atom. The van der Waals surface area contributed by atoms with E-state index in [4.69, 9.17) is 18.1 Å². The molecule has 1 nitrogen and oxygen atoms in total. The van der Waals surface area contributed by atoms with Gasteiger partial charge in [0.05, 0.1) is 20.6 Å². The first-order chi connectivity index (χ1) is 29.6. The Morgan fingerprint density at radius 2 is 0.957 bits per heavy atom. The molecule has 218 valence electrons. The number of hydrogen-bond donors (Lipinski definition) is 0. The molecule has 0 aliphatic rings. The third-order valence-corrected chi connectivity index (χ3v) is 8.81. The van der Waals surface area contributed by atoms with E-state index in [2.05, 4.69) is 0 Å². The van der Waals surface area contributed by atoms with E-state index in [1.54, 1.807) is 60.7 Å². The van der Waals surface area contributed by atoms with Crippen molar-refractivity contribution in [2.24, 2.45) is 0 Å². The summed E-state index contributed by atoms with van der Waals surface area (Å²) in [6, 6.07) is 13.9. The van der Waals surface area contributed by atoms with Crippen LogP contribution in [0.4, 0.5) is 0 Å². The predicted octanol–water partition coefficient (Wildman–Crippen LogP) is 13.2. The summed E-state index contributed by atoms with van der Waals surface area (Å²) in [6.07, 6.45) is 0. The van der Waals surface area contributed by atoms with Crippen LogP contribution in [0.2, 0.25) is 0 Å². The molecule has 0 aliphatic heterocycles. The van der Waals surface area contributed by atoms with Gasteiger partial charge in [-0.15, -0.1) is 0 Å². The number of para-hydroxylation sites is 2. The van der Waals surface area contributed by atoms with E-state index in [1.807, 2.05) is 18.2 Å². The van der Waals surface area contributed by atoms with Gasteiger partial charge in [-0.3, -0.25) is 0 Å². The van der Waals surface area contributed by atoms with E-state index >= 15 is 0 Å². The van der Waals surface area contributed by atoms with Crippen LogP contribution in [0.3, 0.4) is 0 Å².